The Kier molecular flexibility index (Phi) is 1.92. The van der Waals surface area contributed by atoms with Crippen LogP contribution in [0.2, 0.25) is 0 Å². The van der Waals surface area contributed by atoms with Gasteiger partial charge in [0, 0.05) is 6.42 Å². The highest BCUT2D eigenvalue weighted by Gasteiger charge is 2.76. The fourth-order valence-corrected chi connectivity index (χ4v) is 5.34. The lowest BCUT2D eigenvalue weighted by molar-refractivity contribution is -0.139. The molecular formula is C15H22O2. The van der Waals surface area contributed by atoms with Crippen LogP contribution in [0.3, 0.4) is 0 Å². The summed E-state index contributed by atoms with van der Waals surface area (Å²) in [7, 11) is 0. The van der Waals surface area contributed by atoms with E-state index in [2.05, 4.69) is 19.9 Å². The summed E-state index contributed by atoms with van der Waals surface area (Å²) in [6.45, 7) is 8.45. The van der Waals surface area contributed by atoms with Gasteiger partial charge in [-0.05, 0) is 37.0 Å². The zero-order valence-electron chi connectivity index (χ0n) is 11.2. The standard InChI is InChI=1S/C15H22O2/c1-9-5-6-11-8-14(17)10(2)7-12(16)15(9,14)13(11,3)4/h5,10-11,17H,6-8H2,1-4H3/t10-,11?,14+,15?/m1/s1. The predicted molar refractivity (Wildman–Crippen MR) is 66.4 cm³/mol. The second kappa shape index (κ2) is 2.85. The molecule has 3 aliphatic carbocycles. The van der Waals surface area contributed by atoms with Crippen molar-refractivity contribution in [1.82, 2.24) is 0 Å². The summed E-state index contributed by atoms with van der Waals surface area (Å²) in [6, 6.07) is 0. The van der Waals surface area contributed by atoms with E-state index in [9.17, 15) is 9.90 Å². The highest BCUT2D eigenvalue weighted by Crippen LogP contribution is 2.73. The largest absolute Gasteiger partial charge is 0.388 e. The molecule has 2 heteroatoms. The van der Waals surface area contributed by atoms with Crippen molar-refractivity contribution < 1.29 is 9.90 Å². The van der Waals surface area contributed by atoms with Crippen LogP contribution in [0.25, 0.3) is 0 Å². The van der Waals surface area contributed by atoms with Gasteiger partial charge in [-0.1, -0.05) is 32.4 Å². The topological polar surface area (TPSA) is 37.3 Å². The van der Waals surface area contributed by atoms with Crippen molar-refractivity contribution in [3.05, 3.63) is 11.6 Å². The zero-order valence-corrected chi connectivity index (χ0v) is 11.2. The normalized spacial score (nSPS) is 51.4. The van der Waals surface area contributed by atoms with Crippen molar-refractivity contribution in [1.29, 1.82) is 0 Å². The summed E-state index contributed by atoms with van der Waals surface area (Å²) < 4.78 is 0. The third kappa shape index (κ3) is 0.896. The molecular weight excluding hydrogens is 212 g/mol. The smallest absolute Gasteiger partial charge is 0.146 e. The van der Waals surface area contributed by atoms with Crippen molar-refractivity contribution in [3.63, 3.8) is 0 Å². The number of carbonyl (C=O) groups excluding carboxylic acids is 1. The summed E-state index contributed by atoms with van der Waals surface area (Å²) in [4.78, 5) is 12.6. The number of hydrogen-bond acceptors (Lipinski definition) is 2. The minimum atomic E-state index is -0.796. The van der Waals surface area contributed by atoms with Gasteiger partial charge in [0.2, 0.25) is 0 Å². The fourth-order valence-electron chi connectivity index (χ4n) is 5.34. The number of aliphatic hydroxyl groups is 1. The second-order valence-corrected chi connectivity index (χ2v) is 6.95. The van der Waals surface area contributed by atoms with Crippen LogP contribution in [0.5, 0.6) is 0 Å². The first-order valence-electron chi connectivity index (χ1n) is 6.71. The van der Waals surface area contributed by atoms with Crippen LogP contribution in [0.4, 0.5) is 0 Å². The number of rotatable bonds is 0. The molecule has 0 heterocycles. The van der Waals surface area contributed by atoms with Gasteiger partial charge in [-0.15, -0.1) is 0 Å². The van der Waals surface area contributed by atoms with E-state index in [4.69, 9.17) is 0 Å². The van der Waals surface area contributed by atoms with Gasteiger partial charge >= 0.3 is 0 Å². The Morgan fingerprint density at radius 2 is 2.06 bits per heavy atom. The molecule has 0 aromatic carbocycles. The molecule has 2 saturated carbocycles. The molecule has 3 aliphatic rings. The van der Waals surface area contributed by atoms with E-state index in [0.29, 0.717) is 12.3 Å². The molecule has 94 valence electrons. The number of ketones is 1. The third-order valence-corrected chi connectivity index (χ3v) is 6.22. The Morgan fingerprint density at radius 1 is 1.41 bits per heavy atom. The van der Waals surface area contributed by atoms with E-state index < -0.39 is 11.0 Å². The van der Waals surface area contributed by atoms with Gasteiger partial charge in [0.05, 0.1) is 11.0 Å². The molecule has 0 aliphatic heterocycles. The van der Waals surface area contributed by atoms with E-state index in [1.165, 1.54) is 0 Å². The number of Topliss-reactive ketones (excluding diaryl/α,β-unsaturated/α-hetero) is 1. The first-order chi connectivity index (χ1) is 7.78. The van der Waals surface area contributed by atoms with E-state index in [-0.39, 0.29) is 17.1 Å². The van der Waals surface area contributed by atoms with Crippen LogP contribution in [0.1, 0.15) is 47.0 Å². The Morgan fingerprint density at radius 3 is 2.71 bits per heavy atom. The lowest BCUT2D eigenvalue weighted by Crippen LogP contribution is -2.54. The molecule has 0 aromatic heterocycles. The minimum absolute atomic E-state index is 0.0948. The lowest BCUT2D eigenvalue weighted by Gasteiger charge is -2.49. The molecule has 2 fully saturated rings. The molecule has 0 aromatic rings. The van der Waals surface area contributed by atoms with E-state index in [1.807, 2.05) is 13.8 Å². The van der Waals surface area contributed by atoms with Crippen LogP contribution in [-0.4, -0.2) is 16.5 Å². The minimum Gasteiger partial charge on any atom is -0.388 e. The number of hydrogen-bond donors (Lipinski definition) is 1. The Bertz CT molecular complexity index is 434. The maximum atomic E-state index is 12.6. The first-order valence-corrected chi connectivity index (χ1v) is 6.71. The van der Waals surface area contributed by atoms with Crippen molar-refractivity contribution in [2.24, 2.45) is 22.7 Å². The molecule has 2 nitrogen and oxygen atoms in total. The highest BCUT2D eigenvalue weighted by molar-refractivity contribution is 5.94. The van der Waals surface area contributed by atoms with Crippen LogP contribution < -0.4 is 0 Å². The molecule has 0 amide bonds. The Balaban J connectivity index is 2.33. The van der Waals surface area contributed by atoms with Crippen LogP contribution >= 0.6 is 0 Å². The van der Waals surface area contributed by atoms with Crippen molar-refractivity contribution >= 4 is 5.78 Å². The van der Waals surface area contributed by atoms with Crippen molar-refractivity contribution in [2.45, 2.75) is 52.6 Å². The number of allylic oxidation sites excluding steroid dienone is 1. The molecule has 3 rings (SSSR count). The SMILES string of the molecule is CC1=CCC2C[C@]3(O)[C@H](C)CC(=O)C13C2(C)C. The summed E-state index contributed by atoms with van der Waals surface area (Å²) >= 11 is 0. The van der Waals surface area contributed by atoms with E-state index in [0.717, 1.165) is 18.4 Å². The summed E-state index contributed by atoms with van der Waals surface area (Å²) in [5.41, 5.74) is -0.367. The zero-order chi connectivity index (χ0) is 12.6. The van der Waals surface area contributed by atoms with Crippen LogP contribution in [0, 0.1) is 22.7 Å². The van der Waals surface area contributed by atoms with Crippen molar-refractivity contribution in [3.8, 4) is 0 Å². The third-order valence-electron chi connectivity index (χ3n) is 6.22. The van der Waals surface area contributed by atoms with E-state index >= 15 is 0 Å². The average molecular weight is 234 g/mol. The monoisotopic (exact) mass is 234 g/mol. The van der Waals surface area contributed by atoms with Crippen molar-refractivity contribution in [2.75, 3.05) is 0 Å². The Hall–Kier alpha value is -0.630. The molecule has 17 heavy (non-hydrogen) atoms. The van der Waals surface area contributed by atoms with Gasteiger partial charge in [-0.2, -0.15) is 0 Å². The first kappa shape index (κ1) is 11.5. The van der Waals surface area contributed by atoms with Gasteiger partial charge in [0.15, 0.2) is 0 Å². The fraction of sp³-hybridized carbons (Fsp3) is 0.800. The molecule has 2 bridgehead atoms. The number of carbonyl (C=O) groups is 1. The van der Waals surface area contributed by atoms with Crippen LogP contribution in [0.15, 0.2) is 11.6 Å². The molecule has 2 unspecified atom stereocenters. The summed E-state index contributed by atoms with van der Waals surface area (Å²) in [6.07, 6.45) is 4.55. The maximum absolute atomic E-state index is 12.6. The molecule has 1 spiro atoms. The lowest BCUT2D eigenvalue weighted by atomic mass is 9.54. The number of fused-ring (bicyclic) bond motifs is 1. The quantitative estimate of drug-likeness (QED) is 0.654. The van der Waals surface area contributed by atoms with E-state index in [1.54, 1.807) is 0 Å². The van der Waals surface area contributed by atoms with Gasteiger partial charge in [0.1, 0.15) is 5.78 Å². The van der Waals surface area contributed by atoms with Crippen LogP contribution in [-0.2, 0) is 4.79 Å². The molecule has 1 N–H and O–H groups in total. The summed E-state index contributed by atoms with van der Waals surface area (Å²) in [5, 5.41) is 11.2. The van der Waals surface area contributed by atoms with Gasteiger partial charge in [0.25, 0.3) is 0 Å². The molecule has 0 radical (unpaired) electrons. The van der Waals surface area contributed by atoms with Gasteiger partial charge in [-0.25, -0.2) is 0 Å². The molecule has 0 saturated heterocycles. The summed E-state index contributed by atoms with van der Waals surface area (Å²) in [5.74, 6) is 0.817. The van der Waals surface area contributed by atoms with Gasteiger partial charge < -0.3 is 5.11 Å². The average Bonchev–Trinajstić information content (AvgIpc) is 2.45. The second-order valence-electron chi connectivity index (χ2n) is 6.95. The highest BCUT2D eigenvalue weighted by atomic mass is 16.3. The maximum Gasteiger partial charge on any atom is 0.146 e. The Labute approximate surface area is 103 Å². The predicted octanol–water partition coefficient (Wildman–Crippen LogP) is 2.71. The molecule has 4 atom stereocenters. The van der Waals surface area contributed by atoms with Gasteiger partial charge in [-0.3, -0.25) is 4.79 Å².